The number of carbonyl (C=O) groups excluding carboxylic acids is 1. The van der Waals surface area contributed by atoms with Crippen molar-refractivity contribution in [2.75, 3.05) is 0 Å². The Morgan fingerprint density at radius 3 is 2.62 bits per heavy atom. The molecule has 0 spiro atoms. The van der Waals surface area contributed by atoms with E-state index in [9.17, 15) is 4.79 Å². The monoisotopic (exact) mass is 236 g/mol. The molecule has 0 aliphatic rings. The number of hydrogen-bond acceptors (Lipinski definition) is 2. The summed E-state index contributed by atoms with van der Waals surface area (Å²) in [6.07, 6.45) is 1.20. The van der Waals surface area contributed by atoms with Crippen molar-refractivity contribution in [1.82, 2.24) is 5.32 Å². The van der Waals surface area contributed by atoms with E-state index in [2.05, 4.69) is 11.4 Å². The van der Waals surface area contributed by atoms with Gasteiger partial charge in [0.2, 0.25) is 5.91 Å². The van der Waals surface area contributed by atoms with Gasteiger partial charge in [-0.25, -0.2) is 0 Å². The molecule has 1 unspecified atom stereocenters. The van der Waals surface area contributed by atoms with E-state index in [-0.39, 0.29) is 5.91 Å². The highest BCUT2D eigenvalue weighted by Gasteiger charge is 2.12. The van der Waals surface area contributed by atoms with Crippen LogP contribution >= 0.6 is 11.6 Å². The first-order valence-corrected chi connectivity index (χ1v) is 5.49. The number of carbonyl (C=O) groups is 1. The van der Waals surface area contributed by atoms with Crippen LogP contribution in [-0.2, 0) is 4.79 Å². The van der Waals surface area contributed by atoms with Crippen LogP contribution in [0.25, 0.3) is 0 Å². The van der Waals surface area contributed by atoms with Crippen LogP contribution in [0.2, 0.25) is 5.02 Å². The van der Waals surface area contributed by atoms with Crippen LogP contribution in [0.5, 0.6) is 0 Å². The second kappa shape index (κ2) is 6.14. The van der Waals surface area contributed by atoms with Gasteiger partial charge in [0.25, 0.3) is 0 Å². The lowest BCUT2D eigenvalue weighted by Crippen LogP contribution is -2.27. The highest BCUT2D eigenvalue weighted by molar-refractivity contribution is 6.30. The highest BCUT2D eigenvalue weighted by atomic mass is 35.5. The summed E-state index contributed by atoms with van der Waals surface area (Å²) in [5.74, 6) is -0.107. The van der Waals surface area contributed by atoms with Crippen molar-refractivity contribution in [2.24, 2.45) is 0 Å². The lowest BCUT2D eigenvalue weighted by atomic mass is 10.1. The predicted molar refractivity (Wildman–Crippen MR) is 62.9 cm³/mol. The van der Waals surface area contributed by atoms with E-state index in [0.29, 0.717) is 11.4 Å². The van der Waals surface area contributed by atoms with Gasteiger partial charge in [-0.15, -0.1) is 0 Å². The van der Waals surface area contributed by atoms with Crippen molar-refractivity contribution in [3.63, 3.8) is 0 Å². The molecule has 0 heterocycles. The number of benzene rings is 1. The molecule has 0 fully saturated rings. The molecule has 0 saturated heterocycles. The summed E-state index contributed by atoms with van der Waals surface area (Å²) in [4.78, 5) is 11.4. The van der Waals surface area contributed by atoms with E-state index >= 15 is 0 Å². The Morgan fingerprint density at radius 1 is 1.50 bits per heavy atom. The molecule has 1 aromatic carbocycles. The summed E-state index contributed by atoms with van der Waals surface area (Å²) >= 11 is 5.74. The zero-order valence-electron chi connectivity index (χ0n) is 9.03. The van der Waals surface area contributed by atoms with Crippen LogP contribution in [0, 0.1) is 11.3 Å². The van der Waals surface area contributed by atoms with Gasteiger partial charge in [0.15, 0.2) is 0 Å². The minimum Gasteiger partial charge on any atom is -0.337 e. The molecule has 0 aliphatic carbocycles. The van der Waals surface area contributed by atoms with Crippen molar-refractivity contribution < 1.29 is 4.79 Å². The average Bonchev–Trinajstić information content (AvgIpc) is 2.27. The van der Waals surface area contributed by atoms with Gasteiger partial charge in [0, 0.05) is 11.4 Å². The number of amides is 1. The van der Waals surface area contributed by atoms with Crippen LogP contribution < -0.4 is 5.32 Å². The van der Waals surface area contributed by atoms with Crippen molar-refractivity contribution in [1.29, 1.82) is 5.26 Å². The molecule has 0 aliphatic heterocycles. The minimum absolute atomic E-state index is 0.107. The van der Waals surface area contributed by atoms with Crippen LogP contribution in [0.3, 0.4) is 0 Å². The lowest BCUT2D eigenvalue weighted by Gasteiger charge is -2.11. The number of hydrogen-bond donors (Lipinski definition) is 1. The average molecular weight is 237 g/mol. The van der Waals surface area contributed by atoms with Crippen LogP contribution in [-0.4, -0.2) is 5.91 Å². The van der Waals surface area contributed by atoms with Crippen LogP contribution in [0.15, 0.2) is 24.3 Å². The Bertz CT molecular complexity index is 394. The third-order valence-corrected chi connectivity index (χ3v) is 2.37. The summed E-state index contributed by atoms with van der Waals surface area (Å²) in [7, 11) is 0. The second-order valence-corrected chi connectivity index (χ2v) is 3.87. The van der Waals surface area contributed by atoms with Gasteiger partial charge in [-0.3, -0.25) is 4.79 Å². The van der Waals surface area contributed by atoms with Crippen LogP contribution in [0.1, 0.15) is 31.4 Å². The van der Waals surface area contributed by atoms with E-state index < -0.39 is 6.04 Å². The van der Waals surface area contributed by atoms with E-state index in [1.165, 1.54) is 0 Å². The molecular formula is C12H13ClN2O. The topological polar surface area (TPSA) is 52.9 Å². The predicted octanol–water partition coefficient (Wildman–Crippen LogP) is 2.82. The van der Waals surface area contributed by atoms with Gasteiger partial charge < -0.3 is 5.32 Å². The molecule has 84 valence electrons. The Morgan fingerprint density at radius 2 is 2.12 bits per heavy atom. The Balaban J connectivity index is 2.72. The minimum atomic E-state index is -0.601. The standard InChI is InChI=1S/C12H13ClN2O/c1-2-3-12(16)15-11(8-14)9-4-6-10(13)7-5-9/h4-7,11H,2-3H2,1H3,(H,15,16). The van der Waals surface area contributed by atoms with Gasteiger partial charge in [-0.05, 0) is 24.1 Å². The number of rotatable bonds is 4. The fraction of sp³-hybridized carbons (Fsp3) is 0.333. The van der Waals surface area contributed by atoms with Crippen molar-refractivity contribution in [3.8, 4) is 6.07 Å². The molecule has 1 atom stereocenters. The maximum absolute atomic E-state index is 11.4. The summed E-state index contributed by atoms with van der Waals surface area (Å²) in [6, 6.07) is 8.33. The summed E-state index contributed by atoms with van der Waals surface area (Å²) in [6.45, 7) is 1.92. The third-order valence-electron chi connectivity index (χ3n) is 2.11. The molecule has 0 aromatic heterocycles. The molecular weight excluding hydrogens is 224 g/mol. The number of nitrogens with zero attached hydrogens (tertiary/aromatic N) is 1. The second-order valence-electron chi connectivity index (χ2n) is 3.43. The van der Waals surface area contributed by atoms with Crippen molar-refractivity contribution in [3.05, 3.63) is 34.9 Å². The fourth-order valence-corrected chi connectivity index (χ4v) is 1.43. The molecule has 1 rings (SSSR count). The van der Waals surface area contributed by atoms with Gasteiger partial charge in [-0.2, -0.15) is 5.26 Å². The number of nitrogens with one attached hydrogen (secondary N) is 1. The quantitative estimate of drug-likeness (QED) is 0.874. The molecule has 0 radical (unpaired) electrons. The molecule has 3 nitrogen and oxygen atoms in total. The first-order valence-electron chi connectivity index (χ1n) is 5.11. The Kier molecular flexibility index (Phi) is 4.81. The molecule has 0 saturated carbocycles. The Labute approximate surface area is 100 Å². The van der Waals surface area contributed by atoms with E-state index in [1.54, 1.807) is 24.3 Å². The molecule has 0 bridgehead atoms. The number of halogens is 1. The first-order chi connectivity index (χ1) is 7.67. The van der Waals surface area contributed by atoms with Crippen molar-refractivity contribution >= 4 is 17.5 Å². The molecule has 1 aromatic rings. The van der Waals surface area contributed by atoms with Gasteiger partial charge in [-0.1, -0.05) is 30.7 Å². The summed E-state index contributed by atoms with van der Waals surface area (Å²) in [5, 5.41) is 12.2. The molecule has 1 amide bonds. The van der Waals surface area contributed by atoms with E-state index in [0.717, 1.165) is 12.0 Å². The highest BCUT2D eigenvalue weighted by Crippen LogP contribution is 2.16. The van der Waals surface area contributed by atoms with Gasteiger partial charge in [0.1, 0.15) is 6.04 Å². The van der Waals surface area contributed by atoms with Crippen molar-refractivity contribution in [2.45, 2.75) is 25.8 Å². The third kappa shape index (κ3) is 3.56. The van der Waals surface area contributed by atoms with Gasteiger partial charge in [0.05, 0.1) is 6.07 Å². The van der Waals surface area contributed by atoms with Crippen LogP contribution in [0.4, 0.5) is 0 Å². The fourth-order valence-electron chi connectivity index (χ4n) is 1.31. The zero-order valence-corrected chi connectivity index (χ0v) is 9.79. The summed E-state index contributed by atoms with van der Waals surface area (Å²) < 4.78 is 0. The van der Waals surface area contributed by atoms with E-state index in [1.807, 2.05) is 6.92 Å². The smallest absolute Gasteiger partial charge is 0.221 e. The Hall–Kier alpha value is -1.53. The zero-order chi connectivity index (χ0) is 12.0. The lowest BCUT2D eigenvalue weighted by molar-refractivity contribution is -0.121. The van der Waals surface area contributed by atoms with E-state index in [4.69, 9.17) is 16.9 Å². The maximum Gasteiger partial charge on any atom is 0.221 e. The maximum atomic E-state index is 11.4. The van der Waals surface area contributed by atoms with Gasteiger partial charge >= 0.3 is 0 Å². The summed E-state index contributed by atoms with van der Waals surface area (Å²) in [5.41, 5.74) is 0.747. The normalized spacial score (nSPS) is 11.6. The SMILES string of the molecule is CCCC(=O)NC(C#N)c1ccc(Cl)cc1. The number of nitriles is 1. The molecule has 4 heteroatoms. The largest absolute Gasteiger partial charge is 0.337 e. The first kappa shape index (κ1) is 12.5. The molecule has 16 heavy (non-hydrogen) atoms. The molecule has 1 N–H and O–H groups in total.